The first kappa shape index (κ1) is 19.9. The number of esters is 2. The minimum atomic E-state index is -0.365. The fourth-order valence-electron chi connectivity index (χ4n) is 2.38. The molecule has 5 nitrogen and oxygen atoms in total. The van der Waals surface area contributed by atoms with Crippen LogP contribution in [0.15, 0.2) is 30.3 Å². The van der Waals surface area contributed by atoms with E-state index >= 15 is 0 Å². The number of hydrogen-bond acceptors (Lipinski definition) is 5. The molecule has 0 amide bonds. The zero-order chi connectivity index (χ0) is 19.4. The molecule has 0 unspecified atom stereocenters. The van der Waals surface area contributed by atoms with Gasteiger partial charge in [-0.25, -0.2) is 0 Å². The van der Waals surface area contributed by atoms with Crippen LogP contribution in [0.25, 0.3) is 10.8 Å². The second-order valence-electron chi connectivity index (χ2n) is 7.37. The van der Waals surface area contributed by atoms with Crippen molar-refractivity contribution in [2.45, 2.75) is 34.2 Å². The Morgan fingerprint density at radius 3 is 1.81 bits per heavy atom. The lowest BCUT2D eigenvalue weighted by atomic mass is 10.1. The van der Waals surface area contributed by atoms with Gasteiger partial charge in [0, 0.05) is 6.54 Å². The first-order chi connectivity index (χ1) is 12.2. The molecule has 0 saturated carbocycles. The highest BCUT2D eigenvalue weighted by molar-refractivity contribution is 5.89. The molecule has 0 aliphatic heterocycles. The topological polar surface area (TPSA) is 55.8 Å². The van der Waals surface area contributed by atoms with Crippen LogP contribution >= 0.6 is 0 Å². The SMILES string of the molecule is CC(C)C(=O)Oc1cc2ccc(CN(C)C)cc2cc1OC(=O)C(C)C. The zero-order valence-electron chi connectivity index (χ0n) is 16.3. The second-order valence-corrected chi connectivity index (χ2v) is 7.37. The van der Waals surface area contributed by atoms with Crippen LogP contribution in [-0.2, 0) is 16.1 Å². The van der Waals surface area contributed by atoms with E-state index in [0.29, 0.717) is 0 Å². The van der Waals surface area contributed by atoms with Crippen LogP contribution in [0.2, 0.25) is 0 Å². The number of rotatable bonds is 6. The minimum Gasteiger partial charge on any atom is -0.422 e. The molecule has 5 heteroatoms. The van der Waals surface area contributed by atoms with E-state index in [9.17, 15) is 9.59 Å². The smallest absolute Gasteiger partial charge is 0.313 e. The highest BCUT2D eigenvalue weighted by Gasteiger charge is 2.18. The fourth-order valence-corrected chi connectivity index (χ4v) is 2.38. The average Bonchev–Trinajstić information content (AvgIpc) is 2.54. The van der Waals surface area contributed by atoms with Gasteiger partial charge in [-0.3, -0.25) is 9.59 Å². The molecule has 0 atom stereocenters. The Kier molecular flexibility index (Phi) is 6.37. The second kappa shape index (κ2) is 8.32. The maximum atomic E-state index is 12.1. The first-order valence-corrected chi connectivity index (χ1v) is 8.82. The number of ether oxygens (including phenoxy) is 2. The number of hydrogen-bond donors (Lipinski definition) is 0. The summed E-state index contributed by atoms with van der Waals surface area (Å²) in [5.74, 6) is -0.745. The van der Waals surface area contributed by atoms with E-state index in [4.69, 9.17) is 9.47 Å². The molecule has 140 valence electrons. The minimum absolute atomic E-state index is 0.269. The Labute approximate surface area is 154 Å². The summed E-state index contributed by atoms with van der Waals surface area (Å²) < 4.78 is 11.0. The monoisotopic (exact) mass is 357 g/mol. The normalized spacial score (nSPS) is 11.4. The molecule has 0 saturated heterocycles. The van der Waals surface area contributed by atoms with Crippen LogP contribution in [0, 0.1) is 11.8 Å². The Morgan fingerprint density at radius 1 is 0.846 bits per heavy atom. The van der Waals surface area contributed by atoms with Crippen LogP contribution in [0.5, 0.6) is 11.5 Å². The fraction of sp³-hybridized carbons (Fsp3) is 0.429. The molecule has 2 rings (SSSR count). The summed E-state index contributed by atoms with van der Waals surface area (Å²) in [6.07, 6.45) is 0. The van der Waals surface area contributed by atoms with Gasteiger partial charge in [-0.05, 0) is 48.6 Å². The summed E-state index contributed by atoms with van der Waals surface area (Å²) in [7, 11) is 4.02. The summed E-state index contributed by atoms with van der Waals surface area (Å²) in [6, 6.07) is 9.58. The third kappa shape index (κ3) is 5.05. The van der Waals surface area contributed by atoms with Crippen LogP contribution in [-0.4, -0.2) is 30.9 Å². The molecule has 0 aliphatic carbocycles. The van der Waals surface area contributed by atoms with Gasteiger partial charge in [0.25, 0.3) is 0 Å². The summed E-state index contributed by atoms with van der Waals surface area (Å²) in [4.78, 5) is 26.2. The van der Waals surface area contributed by atoms with Crippen molar-refractivity contribution in [1.29, 1.82) is 0 Å². The lowest BCUT2D eigenvalue weighted by Crippen LogP contribution is -2.18. The van der Waals surface area contributed by atoms with Crippen molar-refractivity contribution < 1.29 is 19.1 Å². The molecular formula is C21H27NO4. The molecule has 0 heterocycles. The average molecular weight is 357 g/mol. The standard InChI is InChI=1S/C21H27NO4/c1-13(2)20(23)25-18-10-16-8-7-15(12-22(5)6)9-17(16)11-19(18)26-21(24)14(3)4/h7-11,13-14H,12H2,1-6H3. The van der Waals surface area contributed by atoms with Crippen molar-refractivity contribution in [3.63, 3.8) is 0 Å². The first-order valence-electron chi connectivity index (χ1n) is 8.82. The largest absolute Gasteiger partial charge is 0.422 e. The van der Waals surface area contributed by atoms with E-state index in [2.05, 4.69) is 11.0 Å². The van der Waals surface area contributed by atoms with E-state index in [0.717, 1.165) is 22.9 Å². The Balaban J connectivity index is 2.48. The third-order valence-electron chi connectivity index (χ3n) is 3.83. The number of benzene rings is 2. The Morgan fingerprint density at radius 2 is 1.35 bits per heavy atom. The predicted molar refractivity (Wildman–Crippen MR) is 102 cm³/mol. The number of nitrogens with zero attached hydrogens (tertiary/aromatic N) is 1. The number of fused-ring (bicyclic) bond motifs is 1. The van der Waals surface area contributed by atoms with Gasteiger partial charge >= 0.3 is 11.9 Å². The van der Waals surface area contributed by atoms with Gasteiger partial charge in [0.05, 0.1) is 11.8 Å². The van der Waals surface area contributed by atoms with Gasteiger partial charge < -0.3 is 14.4 Å². The van der Waals surface area contributed by atoms with Crippen LogP contribution < -0.4 is 9.47 Å². The van der Waals surface area contributed by atoms with E-state index in [-0.39, 0.29) is 35.3 Å². The molecule has 0 radical (unpaired) electrons. The summed E-state index contributed by atoms with van der Waals surface area (Å²) in [5.41, 5.74) is 1.15. The van der Waals surface area contributed by atoms with Gasteiger partial charge in [0.2, 0.25) is 0 Å². The summed E-state index contributed by atoms with van der Waals surface area (Å²) in [5, 5.41) is 1.85. The molecule has 0 spiro atoms. The van der Waals surface area contributed by atoms with E-state index < -0.39 is 0 Å². The van der Waals surface area contributed by atoms with Crippen molar-refractivity contribution in [2.24, 2.45) is 11.8 Å². The number of carbonyl (C=O) groups is 2. The van der Waals surface area contributed by atoms with E-state index in [1.165, 1.54) is 0 Å². The van der Waals surface area contributed by atoms with Gasteiger partial charge in [0.15, 0.2) is 11.5 Å². The molecule has 0 N–H and O–H groups in total. The lowest BCUT2D eigenvalue weighted by Gasteiger charge is -2.15. The molecular weight excluding hydrogens is 330 g/mol. The molecule has 0 fully saturated rings. The maximum absolute atomic E-state index is 12.1. The molecule has 2 aromatic rings. The molecule has 0 aromatic heterocycles. The summed E-state index contributed by atoms with van der Waals surface area (Å²) >= 11 is 0. The highest BCUT2D eigenvalue weighted by Crippen LogP contribution is 2.34. The zero-order valence-corrected chi connectivity index (χ0v) is 16.3. The quantitative estimate of drug-likeness (QED) is 0.577. The van der Waals surface area contributed by atoms with Gasteiger partial charge in [-0.15, -0.1) is 0 Å². The van der Waals surface area contributed by atoms with Gasteiger partial charge in [-0.2, -0.15) is 0 Å². The van der Waals surface area contributed by atoms with Crippen LogP contribution in [0.4, 0.5) is 0 Å². The van der Waals surface area contributed by atoms with Gasteiger partial charge in [0.1, 0.15) is 0 Å². The molecule has 0 bridgehead atoms. The summed E-state index contributed by atoms with van der Waals surface area (Å²) in [6.45, 7) is 7.85. The highest BCUT2D eigenvalue weighted by atomic mass is 16.6. The van der Waals surface area contributed by atoms with Crippen LogP contribution in [0.3, 0.4) is 0 Å². The maximum Gasteiger partial charge on any atom is 0.313 e. The molecule has 26 heavy (non-hydrogen) atoms. The molecule has 2 aromatic carbocycles. The van der Waals surface area contributed by atoms with Crippen molar-refractivity contribution in [3.05, 3.63) is 35.9 Å². The predicted octanol–water partition coefficient (Wildman–Crippen LogP) is 4.02. The molecule has 0 aliphatic rings. The Bertz CT molecular complexity index is 809. The third-order valence-corrected chi connectivity index (χ3v) is 3.83. The van der Waals surface area contributed by atoms with Crippen molar-refractivity contribution in [2.75, 3.05) is 14.1 Å². The lowest BCUT2D eigenvalue weighted by molar-refractivity contribution is -0.140. The number of carbonyl (C=O) groups excluding carboxylic acids is 2. The Hall–Kier alpha value is -2.40. The van der Waals surface area contributed by atoms with Gasteiger partial charge in [-0.1, -0.05) is 39.8 Å². The van der Waals surface area contributed by atoms with E-state index in [1.54, 1.807) is 39.8 Å². The van der Waals surface area contributed by atoms with E-state index in [1.807, 2.05) is 26.2 Å². The van der Waals surface area contributed by atoms with Crippen LogP contribution in [0.1, 0.15) is 33.3 Å². The van der Waals surface area contributed by atoms with Crippen molar-refractivity contribution >= 4 is 22.7 Å². The van der Waals surface area contributed by atoms with Crippen molar-refractivity contribution in [3.8, 4) is 11.5 Å². The van der Waals surface area contributed by atoms with Crippen molar-refractivity contribution in [1.82, 2.24) is 4.90 Å².